The molecule has 0 spiro atoms. The zero-order valence-corrected chi connectivity index (χ0v) is 21.7. The molecule has 3 aromatic rings. The number of aromatic nitrogens is 2. The van der Waals surface area contributed by atoms with Gasteiger partial charge in [-0.25, -0.2) is 4.98 Å². The molecule has 1 aliphatic rings. The molecule has 0 amide bonds. The van der Waals surface area contributed by atoms with Crippen LogP contribution in [0.3, 0.4) is 0 Å². The molecule has 0 bridgehead atoms. The summed E-state index contributed by atoms with van der Waals surface area (Å²) in [5, 5.41) is 8.70. The Kier molecular flexibility index (Phi) is 7.88. The van der Waals surface area contributed by atoms with Gasteiger partial charge in [0.15, 0.2) is 5.82 Å². The summed E-state index contributed by atoms with van der Waals surface area (Å²) in [5.74, 6) is 1.80. The number of aryl methyl sites for hydroxylation is 2. The van der Waals surface area contributed by atoms with Gasteiger partial charge in [0.2, 0.25) is 5.95 Å². The van der Waals surface area contributed by atoms with Crippen LogP contribution in [0.1, 0.15) is 49.8 Å². The van der Waals surface area contributed by atoms with Crippen molar-refractivity contribution in [2.24, 2.45) is 5.92 Å². The maximum Gasteiger partial charge on any atom is 0.229 e. The molecule has 2 N–H and O–H groups in total. The van der Waals surface area contributed by atoms with Gasteiger partial charge < -0.3 is 10.6 Å². The van der Waals surface area contributed by atoms with E-state index in [0.29, 0.717) is 22.7 Å². The van der Waals surface area contributed by atoms with E-state index in [9.17, 15) is 0 Å². The first-order valence-corrected chi connectivity index (χ1v) is 14.5. The van der Waals surface area contributed by atoms with Crippen molar-refractivity contribution >= 4 is 48.0 Å². The van der Waals surface area contributed by atoms with Crippen molar-refractivity contribution in [3.05, 3.63) is 64.3 Å². The number of anilines is 4. The first-order chi connectivity index (χ1) is 15.9. The van der Waals surface area contributed by atoms with E-state index in [2.05, 4.69) is 79.2 Å². The van der Waals surface area contributed by atoms with Crippen LogP contribution < -0.4 is 15.9 Å². The summed E-state index contributed by atoms with van der Waals surface area (Å²) in [4.78, 5) is 9.13. The Morgan fingerprint density at radius 3 is 2.52 bits per heavy atom. The van der Waals surface area contributed by atoms with Crippen LogP contribution >= 0.6 is 19.5 Å². The van der Waals surface area contributed by atoms with Crippen molar-refractivity contribution in [3.63, 3.8) is 0 Å². The lowest BCUT2D eigenvalue weighted by Crippen LogP contribution is -2.11. The van der Waals surface area contributed by atoms with Crippen LogP contribution in [-0.4, -0.2) is 23.3 Å². The van der Waals surface area contributed by atoms with Gasteiger partial charge in [0.1, 0.15) is 5.02 Å². The highest BCUT2D eigenvalue weighted by Gasteiger charge is 2.13. The van der Waals surface area contributed by atoms with Crippen LogP contribution in [-0.2, 0) is 19.3 Å². The van der Waals surface area contributed by atoms with E-state index >= 15 is 0 Å². The van der Waals surface area contributed by atoms with E-state index < -0.39 is 0 Å². The molecule has 1 aliphatic carbocycles. The minimum Gasteiger partial charge on any atom is -0.338 e. The van der Waals surface area contributed by atoms with Crippen molar-refractivity contribution in [2.75, 3.05) is 24.0 Å². The van der Waals surface area contributed by atoms with Crippen LogP contribution in [0.15, 0.2) is 42.6 Å². The van der Waals surface area contributed by atoms with Crippen molar-refractivity contribution in [1.82, 2.24) is 9.97 Å². The lowest BCUT2D eigenvalue weighted by Gasteiger charge is -2.18. The van der Waals surface area contributed by atoms with Gasteiger partial charge in [0, 0.05) is 11.4 Å². The van der Waals surface area contributed by atoms with E-state index in [1.54, 1.807) is 6.20 Å². The van der Waals surface area contributed by atoms with E-state index in [4.69, 9.17) is 16.6 Å². The highest BCUT2D eigenvalue weighted by Crippen LogP contribution is 2.32. The van der Waals surface area contributed by atoms with Crippen LogP contribution in [0.5, 0.6) is 0 Å². The Hall–Kier alpha value is -2.16. The minimum atomic E-state index is -0.283. The van der Waals surface area contributed by atoms with Crippen LogP contribution in [0, 0.1) is 5.92 Å². The summed E-state index contributed by atoms with van der Waals surface area (Å²) in [6.45, 7) is 9.07. The van der Waals surface area contributed by atoms with Gasteiger partial charge in [-0.3, -0.25) is 0 Å². The number of nitrogens with zero attached hydrogens (tertiary/aromatic N) is 2. The maximum absolute atomic E-state index is 6.48. The minimum absolute atomic E-state index is 0.283. The van der Waals surface area contributed by atoms with Gasteiger partial charge >= 0.3 is 0 Å². The van der Waals surface area contributed by atoms with Gasteiger partial charge in [-0.1, -0.05) is 51.9 Å². The normalized spacial score (nSPS) is 13.7. The van der Waals surface area contributed by atoms with E-state index in [1.807, 2.05) is 0 Å². The average molecular weight is 481 g/mol. The van der Waals surface area contributed by atoms with Crippen molar-refractivity contribution in [2.45, 2.75) is 52.4 Å². The van der Waals surface area contributed by atoms with Crippen LogP contribution in [0.25, 0.3) is 0 Å². The predicted octanol–water partition coefficient (Wildman–Crippen LogP) is 7.45. The van der Waals surface area contributed by atoms with E-state index in [1.165, 1.54) is 47.7 Å². The van der Waals surface area contributed by atoms with Gasteiger partial charge in [-0.15, -0.1) is 0 Å². The Morgan fingerprint density at radius 2 is 1.76 bits per heavy atom. The van der Waals surface area contributed by atoms with Gasteiger partial charge in [0.25, 0.3) is 0 Å². The number of nitrogens with one attached hydrogen (secondary N) is 2. The molecule has 0 radical (unpaired) electrons. The van der Waals surface area contributed by atoms with Crippen molar-refractivity contribution in [1.29, 1.82) is 0 Å². The van der Waals surface area contributed by atoms with Gasteiger partial charge in [0.05, 0.1) is 6.20 Å². The molecule has 174 valence electrons. The largest absolute Gasteiger partial charge is 0.338 e. The Bertz CT molecular complexity index is 1110. The summed E-state index contributed by atoms with van der Waals surface area (Å²) in [5.41, 5.74) is 6.38. The second kappa shape index (κ2) is 10.8. The SMILES string of the molecule is CC(C)Cc1ccc(Nc2nc(Nc3ccc4c(c3)CCCCC4)ncc2Cl)c(P(C)C)c1. The zero-order chi connectivity index (χ0) is 23.4. The number of hydrogen-bond donors (Lipinski definition) is 2. The Labute approximate surface area is 204 Å². The predicted molar refractivity (Wildman–Crippen MR) is 145 cm³/mol. The van der Waals surface area contributed by atoms with Crippen LogP contribution in [0.4, 0.5) is 23.1 Å². The summed E-state index contributed by atoms with van der Waals surface area (Å²) < 4.78 is 0. The molecule has 2 aromatic carbocycles. The molecule has 4 rings (SSSR count). The number of benzene rings is 2. The molecule has 1 heterocycles. The molecule has 0 saturated heterocycles. The lowest BCUT2D eigenvalue weighted by atomic mass is 10.0. The molecule has 0 unspecified atom stereocenters. The second-order valence-electron chi connectivity index (χ2n) is 9.53. The third-order valence-electron chi connectivity index (χ3n) is 6.04. The highest BCUT2D eigenvalue weighted by atomic mass is 35.5. The summed E-state index contributed by atoms with van der Waals surface area (Å²) in [6, 6.07) is 13.3. The van der Waals surface area contributed by atoms with E-state index in [-0.39, 0.29) is 7.92 Å². The number of hydrogen-bond acceptors (Lipinski definition) is 4. The fraction of sp³-hybridized carbons (Fsp3) is 0.407. The molecule has 6 heteroatoms. The number of rotatable bonds is 7. The third-order valence-corrected chi connectivity index (χ3v) is 7.65. The first kappa shape index (κ1) is 24.0. The standard InChI is InChI=1S/C27H34ClN4P/c1-18(2)14-19-10-13-24(25(15-19)33(3)4)31-26-23(28)17-29-27(32-26)30-22-12-11-20-8-6-5-7-9-21(20)16-22/h10-13,15-18H,5-9,14H2,1-4H3,(H2,29,30,31,32). The Balaban J connectivity index is 1.56. The molecular formula is C27H34ClN4P. The zero-order valence-electron chi connectivity index (χ0n) is 20.1. The van der Waals surface area contributed by atoms with Crippen LogP contribution in [0.2, 0.25) is 5.02 Å². The number of halogens is 1. The van der Waals surface area contributed by atoms with Crippen molar-refractivity contribution < 1.29 is 0 Å². The molecule has 0 atom stereocenters. The molecule has 0 saturated carbocycles. The third kappa shape index (κ3) is 6.25. The molecule has 33 heavy (non-hydrogen) atoms. The molecule has 1 aromatic heterocycles. The fourth-order valence-electron chi connectivity index (χ4n) is 4.41. The summed E-state index contributed by atoms with van der Waals surface area (Å²) in [6.07, 6.45) is 8.92. The smallest absolute Gasteiger partial charge is 0.229 e. The summed E-state index contributed by atoms with van der Waals surface area (Å²) in [7, 11) is -0.283. The van der Waals surface area contributed by atoms with E-state index in [0.717, 1.165) is 24.2 Å². The monoisotopic (exact) mass is 480 g/mol. The first-order valence-electron chi connectivity index (χ1n) is 11.9. The molecule has 4 nitrogen and oxygen atoms in total. The molecule has 0 aliphatic heterocycles. The molecular weight excluding hydrogens is 447 g/mol. The lowest BCUT2D eigenvalue weighted by molar-refractivity contribution is 0.647. The maximum atomic E-state index is 6.48. The average Bonchev–Trinajstić information content (AvgIpc) is 3.01. The highest BCUT2D eigenvalue weighted by molar-refractivity contribution is 7.64. The van der Waals surface area contributed by atoms with Gasteiger partial charge in [-0.2, -0.15) is 4.98 Å². The second-order valence-corrected chi connectivity index (χ2v) is 12.2. The van der Waals surface area contributed by atoms with Crippen molar-refractivity contribution in [3.8, 4) is 0 Å². The van der Waals surface area contributed by atoms with Gasteiger partial charge in [-0.05, 0) is 97.6 Å². The Morgan fingerprint density at radius 1 is 0.970 bits per heavy atom. The molecule has 0 fully saturated rings. The fourth-order valence-corrected chi connectivity index (χ4v) is 5.59. The topological polar surface area (TPSA) is 49.8 Å². The summed E-state index contributed by atoms with van der Waals surface area (Å²) >= 11 is 6.48. The quantitative estimate of drug-likeness (QED) is 0.272. The number of fused-ring (bicyclic) bond motifs is 1.